The van der Waals surface area contributed by atoms with Crippen LogP contribution in [0.15, 0.2) is 71.8 Å². The van der Waals surface area contributed by atoms with E-state index in [2.05, 4.69) is 10.3 Å². The van der Waals surface area contributed by atoms with Crippen molar-refractivity contribution in [1.29, 1.82) is 0 Å². The number of esters is 6. The number of nitrogens with one attached hydrogen (secondary N) is 2. The molecule has 0 spiro atoms. The summed E-state index contributed by atoms with van der Waals surface area (Å²) in [6, 6.07) is 18.0. The number of hydrogen-bond acceptors (Lipinski definition) is 15. The molecule has 2 fully saturated rings. The average molecular weight is 831 g/mol. The van der Waals surface area contributed by atoms with E-state index < -0.39 is 78.3 Å². The van der Waals surface area contributed by atoms with E-state index in [0.717, 1.165) is 0 Å². The number of amides is 1. The maximum Gasteiger partial charge on any atom is 0.355 e. The minimum absolute atomic E-state index is 0.0366. The molecule has 0 saturated carbocycles. The van der Waals surface area contributed by atoms with Crippen molar-refractivity contribution in [3.05, 3.63) is 105 Å². The normalized spacial score (nSPS) is 22.0. The van der Waals surface area contributed by atoms with E-state index in [1.165, 1.54) is 21.3 Å². The van der Waals surface area contributed by atoms with Gasteiger partial charge in [0.1, 0.15) is 31.1 Å². The quantitative estimate of drug-likeness (QED) is 0.147. The van der Waals surface area contributed by atoms with E-state index in [-0.39, 0.29) is 74.3 Å². The van der Waals surface area contributed by atoms with E-state index in [0.29, 0.717) is 22.3 Å². The second-order valence-electron chi connectivity index (χ2n) is 14.6. The predicted octanol–water partition coefficient (Wildman–Crippen LogP) is 3.22. The Morgan fingerprint density at radius 2 is 1.43 bits per heavy atom. The van der Waals surface area contributed by atoms with Crippen LogP contribution < -0.4 is 5.32 Å². The Morgan fingerprint density at radius 1 is 0.783 bits per heavy atom. The SMILES string of the molecule is COC(=O)CCC1=C(CC(=O)O[C@H]2C(=O)OC[C@H]3O[C@@H](c4ccccc4)O[C@H]32)[C@](C)(Cc2[nH]c(C(=O)OCc3ccccc3)c(CCC(=O)OC)c2CC(=O)OC)NC1=O. The van der Waals surface area contributed by atoms with Crippen LogP contribution >= 0.6 is 0 Å². The van der Waals surface area contributed by atoms with Crippen LogP contribution in [-0.2, 0) is 92.5 Å². The molecule has 17 heteroatoms. The molecule has 3 aliphatic heterocycles. The van der Waals surface area contributed by atoms with Gasteiger partial charge in [-0.1, -0.05) is 60.7 Å². The molecule has 0 bridgehead atoms. The third kappa shape index (κ3) is 9.92. The molecule has 17 nitrogen and oxygen atoms in total. The fraction of sp³-hybridized carbons (Fsp3) is 0.419. The van der Waals surface area contributed by atoms with Gasteiger partial charge in [0.2, 0.25) is 12.0 Å². The van der Waals surface area contributed by atoms with Gasteiger partial charge in [0.15, 0.2) is 6.29 Å². The first kappa shape index (κ1) is 43.3. The molecule has 1 amide bonds. The van der Waals surface area contributed by atoms with E-state index in [4.69, 9.17) is 37.9 Å². The van der Waals surface area contributed by atoms with Crippen molar-refractivity contribution in [1.82, 2.24) is 10.3 Å². The summed E-state index contributed by atoms with van der Waals surface area (Å²) < 4.78 is 43.4. The highest BCUT2D eigenvalue weighted by atomic mass is 16.8. The van der Waals surface area contributed by atoms with Gasteiger partial charge in [-0.25, -0.2) is 9.59 Å². The van der Waals surface area contributed by atoms with E-state index in [1.807, 2.05) is 12.1 Å². The smallest absolute Gasteiger partial charge is 0.355 e. The summed E-state index contributed by atoms with van der Waals surface area (Å²) in [5.74, 6) is -4.96. The lowest BCUT2D eigenvalue weighted by Gasteiger charge is -2.31. The van der Waals surface area contributed by atoms with Crippen molar-refractivity contribution >= 4 is 41.7 Å². The van der Waals surface area contributed by atoms with E-state index in [1.54, 1.807) is 55.5 Å². The molecule has 60 heavy (non-hydrogen) atoms. The Labute approximate surface area is 344 Å². The second-order valence-corrected chi connectivity index (χ2v) is 14.6. The van der Waals surface area contributed by atoms with Crippen molar-refractivity contribution in [2.75, 3.05) is 27.9 Å². The number of ether oxygens (including phenoxy) is 8. The first-order chi connectivity index (χ1) is 28.8. The Morgan fingerprint density at radius 3 is 2.10 bits per heavy atom. The fourth-order valence-electron chi connectivity index (χ4n) is 7.55. The van der Waals surface area contributed by atoms with Gasteiger partial charge in [0.25, 0.3) is 0 Å². The van der Waals surface area contributed by atoms with E-state index >= 15 is 0 Å². The zero-order valence-electron chi connectivity index (χ0n) is 33.6. The second kappa shape index (κ2) is 19.2. The highest BCUT2D eigenvalue weighted by molar-refractivity contribution is 6.00. The molecule has 3 aromatic rings. The third-order valence-electron chi connectivity index (χ3n) is 10.6. The molecule has 5 atom stereocenters. The molecule has 6 rings (SSSR count). The Hall–Kier alpha value is -6.33. The molecule has 4 heterocycles. The lowest BCUT2D eigenvalue weighted by Crippen LogP contribution is -2.51. The molecule has 2 saturated heterocycles. The van der Waals surface area contributed by atoms with Crippen LogP contribution in [0.5, 0.6) is 0 Å². The highest BCUT2D eigenvalue weighted by Gasteiger charge is 2.52. The number of hydrogen-bond donors (Lipinski definition) is 2. The zero-order valence-corrected chi connectivity index (χ0v) is 33.6. The number of rotatable bonds is 17. The van der Waals surface area contributed by atoms with Crippen LogP contribution in [0.4, 0.5) is 0 Å². The minimum Gasteiger partial charge on any atom is -0.469 e. The van der Waals surface area contributed by atoms with Gasteiger partial charge in [-0.15, -0.1) is 0 Å². The first-order valence-corrected chi connectivity index (χ1v) is 19.2. The van der Waals surface area contributed by atoms with Gasteiger partial charge >= 0.3 is 35.8 Å². The molecule has 0 radical (unpaired) electrons. The molecular weight excluding hydrogens is 784 g/mol. The number of carbonyl (C=O) groups is 7. The molecule has 2 aromatic carbocycles. The van der Waals surface area contributed by atoms with Gasteiger partial charge < -0.3 is 48.2 Å². The van der Waals surface area contributed by atoms with Gasteiger partial charge in [-0.3, -0.25) is 24.0 Å². The van der Waals surface area contributed by atoms with Gasteiger partial charge in [-0.2, -0.15) is 0 Å². The summed E-state index contributed by atoms with van der Waals surface area (Å²) in [7, 11) is 3.63. The van der Waals surface area contributed by atoms with Crippen LogP contribution in [-0.4, -0.2) is 98.5 Å². The number of fused-ring (bicyclic) bond motifs is 1. The lowest BCUT2D eigenvalue weighted by atomic mass is 9.83. The van der Waals surface area contributed by atoms with Gasteiger partial charge in [-0.05, 0) is 42.0 Å². The summed E-state index contributed by atoms with van der Waals surface area (Å²) in [5, 5.41) is 2.92. The Balaban J connectivity index is 1.33. The van der Waals surface area contributed by atoms with E-state index in [9.17, 15) is 33.6 Å². The number of methoxy groups -OCH3 is 3. The largest absolute Gasteiger partial charge is 0.469 e. The maximum atomic E-state index is 13.9. The maximum absolute atomic E-state index is 13.9. The lowest BCUT2D eigenvalue weighted by molar-refractivity contribution is -0.187. The molecule has 0 aliphatic carbocycles. The summed E-state index contributed by atoms with van der Waals surface area (Å²) in [5.41, 5.74) is 1.16. The van der Waals surface area contributed by atoms with Gasteiger partial charge in [0, 0.05) is 36.1 Å². The van der Waals surface area contributed by atoms with Crippen molar-refractivity contribution in [2.24, 2.45) is 0 Å². The van der Waals surface area contributed by atoms with Crippen LogP contribution in [0.1, 0.15) is 77.3 Å². The van der Waals surface area contributed by atoms with Crippen molar-refractivity contribution in [3.8, 4) is 0 Å². The Kier molecular flexibility index (Phi) is 13.8. The summed E-state index contributed by atoms with van der Waals surface area (Å²) >= 11 is 0. The summed E-state index contributed by atoms with van der Waals surface area (Å²) in [4.78, 5) is 95.1. The van der Waals surface area contributed by atoms with Crippen LogP contribution in [0, 0.1) is 0 Å². The Bertz CT molecular complexity index is 2150. The summed E-state index contributed by atoms with van der Waals surface area (Å²) in [6.07, 6.45) is -5.62. The third-order valence-corrected chi connectivity index (χ3v) is 10.6. The number of aromatic amines is 1. The van der Waals surface area contributed by atoms with Crippen LogP contribution in [0.3, 0.4) is 0 Å². The van der Waals surface area contributed by atoms with Crippen molar-refractivity contribution in [2.45, 2.75) is 88.6 Å². The van der Waals surface area contributed by atoms with Crippen LogP contribution in [0.25, 0.3) is 0 Å². The topological polar surface area (TPSA) is 221 Å². The summed E-state index contributed by atoms with van der Waals surface area (Å²) in [6.45, 7) is 1.43. The fourth-order valence-corrected chi connectivity index (χ4v) is 7.55. The predicted molar refractivity (Wildman–Crippen MR) is 205 cm³/mol. The van der Waals surface area contributed by atoms with Gasteiger partial charge in [0.05, 0.1) is 39.7 Å². The van der Waals surface area contributed by atoms with Crippen molar-refractivity contribution in [3.63, 3.8) is 0 Å². The average Bonchev–Trinajstić information content (AvgIpc) is 3.90. The van der Waals surface area contributed by atoms with Crippen LogP contribution in [0.2, 0.25) is 0 Å². The number of H-pyrrole nitrogens is 1. The highest BCUT2D eigenvalue weighted by Crippen LogP contribution is 2.39. The number of aromatic nitrogens is 1. The minimum atomic E-state index is -1.50. The molecular formula is C43H46N2O15. The molecule has 0 unspecified atom stereocenters. The number of cyclic esters (lactones) is 1. The first-order valence-electron chi connectivity index (χ1n) is 19.2. The molecule has 3 aliphatic rings. The molecule has 318 valence electrons. The number of carbonyl (C=O) groups excluding carboxylic acids is 7. The van der Waals surface area contributed by atoms with Crippen molar-refractivity contribution < 1.29 is 71.5 Å². The number of benzene rings is 2. The zero-order chi connectivity index (χ0) is 43.0. The standard InChI is InChI=1S/C43H46N2O15/c1-43(21-30-28(19-34(48)55-4)26(15-17-32(46)53-2)36(44-30)40(51)56-22-24-11-7-5-8-12-24)29(27(39(50)45-43)16-18-33(47)54-3)20-35(49)59-38-37-31(23-57-41(38)52)58-42(60-37)25-13-9-6-10-14-25/h5-14,31,37-38,42,44H,15-23H2,1-4H3,(H,45,50)/t31-,37-,38-,42-,43+/m1/s1. The molecule has 2 N–H and O–H groups in total. The molecule has 1 aromatic heterocycles. The monoisotopic (exact) mass is 830 g/mol.